The highest BCUT2D eigenvalue weighted by atomic mass is 31.2. The Morgan fingerprint density at radius 3 is 1.32 bits per heavy atom. The van der Waals surface area contributed by atoms with Crippen LogP contribution in [0.25, 0.3) is 0 Å². The number of phenols is 1. The molecule has 0 fully saturated rings. The zero-order valence-corrected chi connectivity index (χ0v) is 13.3. The largest absolute Gasteiger partial charge is 0.507 e. The molecule has 0 atom stereocenters. The summed E-state index contributed by atoms with van der Waals surface area (Å²) in [7, 11) is -4.09. The van der Waals surface area contributed by atoms with Crippen LogP contribution in [0.3, 0.4) is 0 Å². The van der Waals surface area contributed by atoms with Gasteiger partial charge in [-0.2, -0.15) is 14.7 Å². The summed E-state index contributed by atoms with van der Waals surface area (Å²) in [5.41, 5.74) is 0.456. The Morgan fingerprint density at radius 2 is 1.11 bits per heavy atom. The average Bonchev–Trinajstić information content (AvgIpc) is 2.11. The second-order valence-corrected chi connectivity index (χ2v) is 8.61. The maximum absolute atomic E-state index is 10.4. The minimum absolute atomic E-state index is 0.0696. The Labute approximate surface area is 115 Å². The standard InChI is InChI=1S/C14H23O4P/c1-13(2,3)10-7-9(19(16,17)18)8-11(12(10)15)14(4,5)6/h7-8,16-18H,1-6H3/p+1. The van der Waals surface area contributed by atoms with E-state index in [0.29, 0.717) is 11.1 Å². The normalized spacial score (nSPS) is 13.7. The summed E-state index contributed by atoms with van der Waals surface area (Å²) in [5.74, 6) is 0.150. The number of phenolic OH excluding ortho intramolecular Hbond substituents is 1. The van der Waals surface area contributed by atoms with Gasteiger partial charge >= 0.3 is 7.94 Å². The molecule has 1 aromatic rings. The second-order valence-electron chi connectivity index (χ2n) is 6.96. The van der Waals surface area contributed by atoms with Crippen LogP contribution in [0.1, 0.15) is 52.7 Å². The molecule has 0 saturated heterocycles. The summed E-state index contributed by atoms with van der Waals surface area (Å²) < 4.78 is 0. The fraction of sp³-hybridized carbons (Fsp3) is 0.571. The van der Waals surface area contributed by atoms with Crippen LogP contribution in [0.2, 0.25) is 0 Å². The van der Waals surface area contributed by atoms with Crippen LogP contribution in [0.4, 0.5) is 0 Å². The fourth-order valence-corrected chi connectivity index (χ4v) is 2.54. The topological polar surface area (TPSA) is 80.9 Å². The Morgan fingerprint density at radius 1 is 0.789 bits per heavy atom. The first kappa shape index (κ1) is 16.4. The molecule has 4 nitrogen and oxygen atoms in total. The molecule has 4 N–H and O–H groups in total. The minimum atomic E-state index is -4.09. The molecule has 0 unspecified atom stereocenters. The molecular weight excluding hydrogens is 263 g/mol. The van der Waals surface area contributed by atoms with Crippen molar-refractivity contribution >= 4 is 13.2 Å². The summed E-state index contributed by atoms with van der Waals surface area (Å²) in [5, 5.41) is 10.5. The molecule has 0 bridgehead atoms. The van der Waals surface area contributed by atoms with E-state index >= 15 is 0 Å². The Balaban J connectivity index is 3.68. The van der Waals surface area contributed by atoms with E-state index in [1.54, 1.807) is 0 Å². The van der Waals surface area contributed by atoms with E-state index in [0.717, 1.165) is 0 Å². The van der Waals surface area contributed by atoms with Crippen molar-refractivity contribution in [2.45, 2.75) is 52.4 Å². The van der Waals surface area contributed by atoms with Gasteiger partial charge in [-0.1, -0.05) is 41.5 Å². The summed E-state index contributed by atoms with van der Waals surface area (Å²) in [6, 6.07) is 2.94. The Kier molecular flexibility index (Phi) is 4.06. The van der Waals surface area contributed by atoms with Crippen molar-refractivity contribution in [2.24, 2.45) is 0 Å². The maximum Gasteiger partial charge on any atom is 0.440 e. The van der Waals surface area contributed by atoms with Crippen LogP contribution in [-0.2, 0) is 10.8 Å². The van der Waals surface area contributed by atoms with Crippen molar-refractivity contribution in [3.8, 4) is 5.75 Å². The third-order valence-electron chi connectivity index (χ3n) is 3.06. The van der Waals surface area contributed by atoms with Gasteiger partial charge in [0.25, 0.3) is 0 Å². The summed E-state index contributed by atoms with van der Waals surface area (Å²) >= 11 is 0. The maximum atomic E-state index is 10.4. The quantitative estimate of drug-likeness (QED) is 0.598. The number of rotatable bonds is 1. The molecule has 19 heavy (non-hydrogen) atoms. The number of aromatic hydroxyl groups is 1. The third kappa shape index (κ3) is 3.67. The lowest BCUT2D eigenvalue weighted by molar-refractivity contribution is 0.347. The van der Waals surface area contributed by atoms with Gasteiger partial charge in [-0.3, -0.25) is 0 Å². The molecule has 0 aliphatic heterocycles. The number of hydrogen-bond donors (Lipinski definition) is 4. The summed E-state index contributed by atoms with van der Waals surface area (Å²) in [4.78, 5) is 28.5. The van der Waals surface area contributed by atoms with Crippen molar-refractivity contribution < 1.29 is 19.8 Å². The molecule has 0 amide bonds. The molecule has 1 rings (SSSR count). The minimum Gasteiger partial charge on any atom is -0.507 e. The lowest BCUT2D eigenvalue weighted by Crippen LogP contribution is -2.22. The smallest absolute Gasteiger partial charge is 0.440 e. The van der Waals surface area contributed by atoms with Gasteiger partial charge in [-0.05, 0) is 23.0 Å². The number of hydrogen-bond acceptors (Lipinski definition) is 4. The monoisotopic (exact) mass is 287 g/mol. The molecule has 0 aromatic heterocycles. The van der Waals surface area contributed by atoms with Gasteiger partial charge in [0.2, 0.25) is 0 Å². The molecule has 0 saturated carbocycles. The van der Waals surface area contributed by atoms with Crippen molar-refractivity contribution in [3.05, 3.63) is 23.3 Å². The van der Waals surface area contributed by atoms with Gasteiger partial charge in [0, 0.05) is 11.1 Å². The van der Waals surface area contributed by atoms with E-state index in [1.807, 2.05) is 41.5 Å². The molecular formula is C14H24O4P+. The molecule has 0 aliphatic carbocycles. The zero-order valence-electron chi connectivity index (χ0n) is 12.4. The molecule has 5 heteroatoms. The van der Waals surface area contributed by atoms with Crippen LogP contribution in [0.5, 0.6) is 5.75 Å². The third-order valence-corrected chi connectivity index (χ3v) is 4.01. The molecule has 0 radical (unpaired) electrons. The van der Waals surface area contributed by atoms with Crippen LogP contribution < -0.4 is 5.30 Å². The van der Waals surface area contributed by atoms with Crippen LogP contribution >= 0.6 is 7.94 Å². The van der Waals surface area contributed by atoms with E-state index in [9.17, 15) is 19.8 Å². The van der Waals surface area contributed by atoms with E-state index in [1.165, 1.54) is 12.1 Å². The van der Waals surface area contributed by atoms with Gasteiger partial charge in [0.15, 0.2) is 5.30 Å². The predicted molar refractivity (Wildman–Crippen MR) is 78.7 cm³/mol. The first-order valence-corrected chi connectivity index (χ1v) is 7.85. The second kappa shape index (κ2) is 4.71. The molecule has 1 aromatic carbocycles. The van der Waals surface area contributed by atoms with E-state index in [4.69, 9.17) is 0 Å². The molecule has 108 valence electrons. The number of benzene rings is 1. The summed E-state index contributed by atoms with van der Waals surface area (Å²) in [6.07, 6.45) is 0. The van der Waals surface area contributed by atoms with Gasteiger partial charge in [-0.15, -0.1) is 0 Å². The van der Waals surface area contributed by atoms with Crippen LogP contribution in [0, 0.1) is 0 Å². The lowest BCUT2D eigenvalue weighted by atomic mass is 9.79. The highest BCUT2D eigenvalue weighted by Crippen LogP contribution is 2.47. The zero-order chi connectivity index (χ0) is 15.2. The van der Waals surface area contributed by atoms with Crippen molar-refractivity contribution in [1.29, 1.82) is 0 Å². The lowest BCUT2D eigenvalue weighted by Gasteiger charge is -2.27. The molecule has 0 spiro atoms. The average molecular weight is 287 g/mol. The highest BCUT2D eigenvalue weighted by molar-refractivity contribution is 7.66. The first-order valence-electron chi connectivity index (χ1n) is 6.20. The Hall–Kier alpha value is -0.670. The van der Waals surface area contributed by atoms with Crippen molar-refractivity contribution in [1.82, 2.24) is 0 Å². The van der Waals surface area contributed by atoms with E-state index in [2.05, 4.69) is 0 Å². The summed E-state index contributed by atoms with van der Waals surface area (Å²) in [6.45, 7) is 11.5. The van der Waals surface area contributed by atoms with Gasteiger partial charge in [0.05, 0.1) is 0 Å². The fourth-order valence-electron chi connectivity index (χ4n) is 1.94. The van der Waals surface area contributed by atoms with Crippen LogP contribution in [-0.4, -0.2) is 19.8 Å². The SMILES string of the molecule is CC(C)(C)c1cc([P+](O)(O)O)cc(C(C)(C)C)c1O. The van der Waals surface area contributed by atoms with Crippen LogP contribution in [0.15, 0.2) is 12.1 Å². The van der Waals surface area contributed by atoms with Gasteiger partial charge in [0.1, 0.15) is 5.75 Å². The highest BCUT2D eigenvalue weighted by Gasteiger charge is 2.38. The van der Waals surface area contributed by atoms with Crippen molar-refractivity contribution in [3.63, 3.8) is 0 Å². The Bertz CT molecular complexity index is 441. The van der Waals surface area contributed by atoms with E-state index < -0.39 is 7.94 Å². The van der Waals surface area contributed by atoms with Gasteiger partial charge < -0.3 is 5.11 Å². The molecule has 0 heterocycles. The van der Waals surface area contributed by atoms with Gasteiger partial charge in [-0.25, -0.2) is 0 Å². The first-order chi connectivity index (χ1) is 8.24. The predicted octanol–water partition coefficient (Wildman–Crippen LogP) is 2.35. The van der Waals surface area contributed by atoms with E-state index in [-0.39, 0.29) is 21.9 Å². The van der Waals surface area contributed by atoms with Crippen molar-refractivity contribution in [2.75, 3.05) is 0 Å². The molecule has 0 aliphatic rings.